The molecule has 2 fully saturated rings. The highest BCUT2D eigenvalue weighted by atomic mass is 19.1. The van der Waals surface area contributed by atoms with Gasteiger partial charge in [0, 0.05) is 50.4 Å². The van der Waals surface area contributed by atoms with Crippen molar-refractivity contribution in [3.05, 3.63) is 35.2 Å². The Balaban J connectivity index is 1.46. The van der Waals surface area contributed by atoms with E-state index in [4.69, 9.17) is 9.47 Å². The Morgan fingerprint density at radius 1 is 1.44 bits per heavy atom. The number of hydrogen-bond donors (Lipinski definition) is 2. The van der Waals surface area contributed by atoms with Crippen LogP contribution in [0.5, 0.6) is 0 Å². The van der Waals surface area contributed by atoms with Gasteiger partial charge in [0.15, 0.2) is 6.29 Å². The number of hydrogen-bond acceptors (Lipinski definition) is 9. The molecule has 13 heteroatoms. The lowest BCUT2D eigenvalue weighted by Gasteiger charge is -2.52. The van der Waals surface area contributed by atoms with Gasteiger partial charge in [-0.3, -0.25) is 19.9 Å². The summed E-state index contributed by atoms with van der Waals surface area (Å²) < 4.78 is 25.5. The minimum atomic E-state index is -1.71. The van der Waals surface area contributed by atoms with E-state index in [9.17, 15) is 19.6 Å². The lowest BCUT2D eigenvalue weighted by Crippen LogP contribution is -2.60. The smallest absolute Gasteiger partial charge is 0.414 e. The van der Waals surface area contributed by atoms with Gasteiger partial charge < -0.3 is 14.8 Å². The summed E-state index contributed by atoms with van der Waals surface area (Å²) in [4.78, 5) is 48.2. The molecule has 1 saturated carbocycles. The maximum Gasteiger partial charge on any atom is 0.414 e. The average Bonchev–Trinajstić information content (AvgIpc) is 3.28. The van der Waals surface area contributed by atoms with Crippen molar-refractivity contribution >= 4 is 41.4 Å². The summed E-state index contributed by atoms with van der Waals surface area (Å²) in [7, 11) is 1.55. The molecule has 1 aliphatic carbocycles. The first-order valence-electron chi connectivity index (χ1n) is 11.3. The van der Waals surface area contributed by atoms with Crippen LogP contribution in [0.1, 0.15) is 34.5 Å². The molecule has 6 rings (SSSR count). The van der Waals surface area contributed by atoms with Crippen molar-refractivity contribution in [1.29, 1.82) is 5.26 Å². The number of nitrogens with zero attached hydrogens (tertiary/aromatic N) is 5. The van der Waals surface area contributed by atoms with Crippen LogP contribution in [0.4, 0.5) is 37.0 Å². The summed E-state index contributed by atoms with van der Waals surface area (Å²) in [6.07, 6.45) is 1.26. The van der Waals surface area contributed by atoms with E-state index in [2.05, 4.69) is 20.6 Å². The SMILES string of the molecule is COCCNc1cc(NC(=O)N2c3nc(C=O)c(N4CCOC4=O)cc3C3(F)CC2C3)ncc1C#N. The van der Waals surface area contributed by atoms with Crippen LogP contribution in [-0.2, 0) is 15.1 Å². The molecule has 0 radical (unpaired) electrons. The van der Waals surface area contributed by atoms with E-state index in [1.807, 2.05) is 6.07 Å². The maximum atomic E-state index is 15.6. The molecule has 3 aliphatic heterocycles. The third-order valence-electron chi connectivity index (χ3n) is 6.47. The second-order valence-corrected chi connectivity index (χ2v) is 8.62. The number of urea groups is 1. The zero-order valence-corrected chi connectivity index (χ0v) is 19.3. The zero-order chi connectivity index (χ0) is 25.4. The van der Waals surface area contributed by atoms with Gasteiger partial charge in [-0.2, -0.15) is 5.26 Å². The molecule has 5 heterocycles. The largest absolute Gasteiger partial charge is 0.447 e. The lowest BCUT2D eigenvalue weighted by molar-refractivity contribution is 0.0284. The fourth-order valence-corrected chi connectivity index (χ4v) is 4.68. The summed E-state index contributed by atoms with van der Waals surface area (Å²) in [6, 6.07) is 3.88. The molecular formula is C23H22FN7O5. The van der Waals surface area contributed by atoms with Crippen molar-refractivity contribution in [3.63, 3.8) is 0 Å². The Bertz CT molecular complexity index is 1290. The Hall–Kier alpha value is -4.31. The van der Waals surface area contributed by atoms with Crippen molar-refractivity contribution in [1.82, 2.24) is 9.97 Å². The third-order valence-corrected chi connectivity index (χ3v) is 6.47. The zero-order valence-electron chi connectivity index (χ0n) is 19.3. The summed E-state index contributed by atoms with van der Waals surface area (Å²) >= 11 is 0. The van der Waals surface area contributed by atoms with Crippen LogP contribution in [-0.4, -0.2) is 67.8 Å². The van der Waals surface area contributed by atoms with Crippen LogP contribution in [0, 0.1) is 11.3 Å². The van der Waals surface area contributed by atoms with Crippen molar-refractivity contribution in [3.8, 4) is 6.07 Å². The number of rotatable bonds is 7. The molecule has 2 aromatic rings. The van der Waals surface area contributed by atoms with Crippen LogP contribution in [0.25, 0.3) is 0 Å². The van der Waals surface area contributed by atoms with E-state index >= 15 is 4.39 Å². The predicted octanol–water partition coefficient (Wildman–Crippen LogP) is 2.55. The summed E-state index contributed by atoms with van der Waals surface area (Å²) in [5.41, 5.74) is -0.775. The summed E-state index contributed by atoms with van der Waals surface area (Å²) in [5.74, 6) is 0.187. The number of carbonyl (C=O) groups excluding carboxylic acids is 3. The third kappa shape index (κ3) is 3.85. The van der Waals surface area contributed by atoms with Gasteiger partial charge in [-0.1, -0.05) is 0 Å². The molecule has 0 unspecified atom stereocenters. The normalized spacial score (nSPS) is 21.7. The fraction of sp³-hybridized carbons (Fsp3) is 0.391. The molecule has 36 heavy (non-hydrogen) atoms. The van der Waals surface area contributed by atoms with Crippen LogP contribution >= 0.6 is 0 Å². The van der Waals surface area contributed by atoms with Crippen molar-refractivity contribution in [2.75, 3.05) is 53.8 Å². The molecular weight excluding hydrogens is 473 g/mol. The molecule has 1 saturated heterocycles. The van der Waals surface area contributed by atoms with Crippen molar-refractivity contribution in [2.24, 2.45) is 0 Å². The number of pyridine rings is 2. The summed E-state index contributed by atoms with van der Waals surface area (Å²) in [6.45, 7) is 1.20. The van der Waals surface area contributed by atoms with E-state index in [-0.39, 0.29) is 54.6 Å². The number of halogens is 1. The molecule has 0 atom stereocenters. The van der Waals surface area contributed by atoms with Crippen molar-refractivity contribution < 1.29 is 28.2 Å². The van der Waals surface area contributed by atoms with E-state index in [0.717, 1.165) is 0 Å². The molecule has 2 bridgehead atoms. The molecule has 0 spiro atoms. The van der Waals surface area contributed by atoms with Gasteiger partial charge >= 0.3 is 12.1 Å². The molecule has 12 nitrogen and oxygen atoms in total. The van der Waals surface area contributed by atoms with E-state index in [1.165, 1.54) is 28.1 Å². The molecule has 3 amide bonds. The Labute approximate surface area is 205 Å². The van der Waals surface area contributed by atoms with Gasteiger partial charge in [0.2, 0.25) is 0 Å². The highest BCUT2D eigenvalue weighted by Gasteiger charge is 2.57. The molecule has 2 N–H and O–H groups in total. The molecule has 0 aromatic carbocycles. The minimum Gasteiger partial charge on any atom is -0.447 e. The predicted molar refractivity (Wildman–Crippen MR) is 125 cm³/mol. The number of aldehydes is 1. The quantitative estimate of drug-likeness (QED) is 0.436. The first kappa shape index (κ1) is 23.4. The number of methoxy groups -OCH3 is 1. The van der Waals surface area contributed by atoms with Gasteiger partial charge in [0.1, 0.15) is 35.7 Å². The summed E-state index contributed by atoms with van der Waals surface area (Å²) in [5, 5.41) is 15.1. The standard InChI is InChI=1S/C23H22FN7O5/c1-35-4-2-26-16-7-19(27-11-13(16)10-25)29-21(33)31-14-8-23(24,9-14)15-6-18(17(12-32)28-20(15)31)30-3-5-36-22(30)34/h6-7,11-12,14H,2-5,8-9H2,1H3,(H2,26,27,29,33). The van der Waals surface area contributed by atoms with Crippen molar-refractivity contribution in [2.45, 2.75) is 24.6 Å². The van der Waals surface area contributed by atoms with Gasteiger partial charge in [0.25, 0.3) is 0 Å². The second kappa shape index (κ2) is 9.04. The Morgan fingerprint density at radius 3 is 2.92 bits per heavy atom. The number of nitriles is 1. The Kier molecular flexibility index (Phi) is 5.89. The highest BCUT2D eigenvalue weighted by Crippen LogP contribution is 2.56. The number of carbonyl (C=O) groups is 3. The lowest BCUT2D eigenvalue weighted by atomic mass is 9.68. The monoisotopic (exact) mass is 495 g/mol. The van der Waals surface area contributed by atoms with Crippen LogP contribution in [0.2, 0.25) is 0 Å². The average molecular weight is 495 g/mol. The minimum absolute atomic E-state index is 0.0167. The first-order valence-corrected chi connectivity index (χ1v) is 11.3. The van der Waals surface area contributed by atoms with Gasteiger partial charge in [-0.25, -0.2) is 23.9 Å². The van der Waals surface area contributed by atoms with Crippen LogP contribution < -0.4 is 20.4 Å². The number of anilines is 4. The number of ether oxygens (including phenoxy) is 2. The number of amides is 3. The van der Waals surface area contributed by atoms with Crippen LogP contribution in [0.15, 0.2) is 18.3 Å². The second-order valence-electron chi connectivity index (χ2n) is 8.62. The van der Waals surface area contributed by atoms with Gasteiger partial charge in [0.05, 0.1) is 30.1 Å². The maximum absolute atomic E-state index is 15.6. The van der Waals surface area contributed by atoms with E-state index < -0.39 is 23.8 Å². The van der Waals surface area contributed by atoms with Gasteiger partial charge in [-0.05, 0) is 6.07 Å². The van der Waals surface area contributed by atoms with E-state index in [1.54, 1.807) is 7.11 Å². The number of cyclic esters (lactones) is 1. The van der Waals surface area contributed by atoms with Crippen LogP contribution in [0.3, 0.4) is 0 Å². The first-order chi connectivity index (χ1) is 17.4. The fourth-order valence-electron chi connectivity index (χ4n) is 4.68. The topological polar surface area (TPSA) is 150 Å². The Morgan fingerprint density at radius 2 is 2.25 bits per heavy atom. The number of nitrogens with one attached hydrogen (secondary N) is 2. The van der Waals surface area contributed by atoms with Gasteiger partial charge in [-0.15, -0.1) is 0 Å². The molecule has 186 valence electrons. The van der Waals surface area contributed by atoms with E-state index in [0.29, 0.717) is 30.7 Å². The number of aromatic nitrogens is 2. The number of alkyl halides is 1. The highest BCUT2D eigenvalue weighted by molar-refractivity contribution is 6.04. The molecule has 2 aromatic heterocycles. The molecule has 4 aliphatic rings.